The summed E-state index contributed by atoms with van der Waals surface area (Å²) in [5.41, 5.74) is 2.83. The van der Waals surface area contributed by atoms with Crippen LogP contribution in [0.25, 0.3) is 10.9 Å². The number of carbonyl (C=O) groups excluding carboxylic acids is 2. The van der Waals surface area contributed by atoms with Crippen LogP contribution in [0.2, 0.25) is 0 Å². The Morgan fingerprint density at radius 1 is 1.25 bits per heavy atom. The third-order valence-electron chi connectivity index (χ3n) is 5.84. The standard InChI is InChI=1S/C24H29N5O3/c1-16(2)29-22(8-10-26-29)24(31)28-12-9-17(15-28)21-14-19(23(30)25-11-13-32-3)18-6-4-5-7-20(18)27-21/h4-8,10,14,16-17H,9,11-13,15H2,1-3H3,(H,25,30). The number of carbonyl (C=O) groups is 2. The third-order valence-corrected chi connectivity index (χ3v) is 5.84. The molecule has 1 aliphatic rings. The molecule has 1 unspecified atom stereocenters. The van der Waals surface area contributed by atoms with E-state index in [0.29, 0.717) is 37.5 Å². The molecule has 3 heterocycles. The predicted octanol–water partition coefficient (Wildman–Crippen LogP) is 3.02. The van der Waals surface area contributed by atoms with Crippen LogP contribution < -0.4 is 5.32 Å². The van der Waals surface area contributed by atoms with Gasteiger partial charge in [0.1, 0.15) is 5.69 Å². The molecule has 0 radical (unpaired) electrons. The number of nitrogens with one attached hydrogen (secondary N) is 1. The van der Waals surface area contributed by atoms with E-state index < -0.39 is 0 Å². The molecule has 8 nitrogen and oxygen atoms in total. The summed E-state index contributed by atoms with van der Waals surface area (Å²) in [7, 11) is 1.60. The van der Waals surface area contributed by atoms with Crippen LogP contribution in [0.15, 0.2) is 42.6 Å². The molecule has 8 heteroatoms. The topological polar surface area (TPSA) is 89.4 Å². The molecule has 1 atom stereocenters. The lowest BCUT2D eigenvalue weighted by Gasteiger charge is -2.19. The number of nitrogens with zero attached hydrogens (tertiary/aromatic N) is 4. The summed E-state index contributed by atoms with van der Waals surface area (Å²) in [6.45, 7) is 6.13. The van der Waals surface area contributed by atoms with Crippen molar-refractivity contribution in [1.29, 1.82) is 0 Å². The minimum Gasteiger partial charge on any atom is -0.383 e. The van der Waals surface area contributed by atoms with Crippen molar-refractivity contribution in [2.24, 2.45) is 0 Å². The van der Waals surface area contributed by atoms with Crippen LogP contribution in [0.5, 0.6) is 0 Å². The van der Waals surface area contributed by atoms with Crippen molar-refractivity contribution >= 4 is 22.7 Å². The summed E-state index contributed by atoms with van der Waals surface area (Å²) in [4.78, 5) is 32.7. The molecule has 0 spiro atoms. The number of aromatic nitrogens is 3. The Balaban J connectivity index is 1.58. The van der Waals surface area contributed by atoms with Gasteiger partial charge in [0.25, 0.3) is 11.8 Å². The molecule has 0 saturated carbocycles. The minimum absolute atomic E-state index is 0.0166. The number of methoxy groups -OCH3 is 1. The highest BCUT2D eigenvalue weighted by Crippen LogP contribution is 2.30. The Morgan fingerprint density at radius 2 is 2.06 bits per heavy atom. The highest BCUT2D eigenvalue weighted by atomic mass is 16.5. The van der Waals surface area contributed by atoms with Crippen LogP contribution in [0, 0.1) is 0 Å². The van der Waals surface area contributed by atoms with Gasteiger partial charge >= 0.3 is 0 Å². The maximum Gasteiger partial charge on any atom is 0.272 e. The number of fused-ring (bicyclic) bond motifs is 1. The van der Waals surface area contributed by atoms with E-state index >= 15 is 0 Å². The van der Waals surface area contributed by atoms with E-state index in [1.165, 1.54) is 0 Å². The van der Waals surface area contributed by atoms with E-state index in [9.17, 15) is 9.59 Å². The smallest absolute Gasteiger partial charge is 0.272 e. The summed E-state index contributed by atoms with van der Waals surface area (Å²) >= 11 is 0. The van der Waals surface area contributed by atoms with Crippen LogP contribution in [-0.2, 0) is 4.74 Å². The van der Waals surface area contributed by atoms with Gasteiger partial charge in [-0.05, 0) is 38.5 Å². The molecule has 32 heavy (non-hydrogen) atoms. The first-order chi connectivity index (χ1) is 15.5. The second-order valence-electron chi connectivity index (χ2n) is 8.35. The van der Waals surface area contributed by atoms with Crippen LogP contribution in [-0.4, -0.2) is 64.8 Å². The van der Waals surface area contributed by atoms with Crippen LogP contribution in [0.1, 0.15) is 58.8 Å². The van der Waals surface area contributed by atoms with Crippen molar-refractivity contribution in [2.45, 2.75) is 32.2 Å². The van der Waals surface area contributed by atoms with Crippen LogP contribution in [0.3, 0.4) is 0 Å². The maximum atomic E-state index is 13.1. The molecule has 4 rings (SSSR count). The molecule has 2 aromatic heterocycles. The highest BCUT2D eigenvalue weighted by Gasteiger charge is 2.31. The Morgan fingerprint density at radius 3 is 2.84 bits per heavy atom. The Kier molecular flexibility index (Phi) is 6.50. The fourth-order valence-corrected chi connectivity index (χ4v) is 4.20. The lowest BCUT2D eigenvalue weighted by molar-refractivity contribution is 0.0775. The fourth-order valence-electron chi connectivity index (χ4n) is 4.20. The van der Waals surface area contributed by atoms with Crippen molar-refractivity contribution in [3.63, 3.8) is 0 Å². The number of benzene rings is 1. The molecule has 1 fully saturated rings. The summed E-state index contributed by atoms with van der Waals surface area (Å²) in [6, 6.07) is 11.4. The average Bonchev–Trinajstić information content (AvgIpc) is 3.48. The van der Waals surface area contributed by atoms with Crippen molar-refractivity contribution in [2.75, 3.05) is 33.4 Å². The Hall–Kier alpha value is -3.26. The molecule has 0 aliphatic carbocycles. The number of hydrogen-bond donors (Lipinski definition) is 1. The Bertz CT molecular complexity index is 1120. The number of amides is 2. The summed E-state index contributed by atoms with van der Waals surface area (Å²) < 4.78 is 6.79. The van der Waals surface area contributed by atoms with Gasteiger partial charge in [-0.1, -0.05) is 18.2 Å². The second-order valence-corrected chi connectivity index (χ2v) is 8.35. The van der Waals surface area contributed by atoms with Crippen molar-refractivity contribution < 1.29 is 14.3 Å². The maximum absolute atomic E-state index is 13.1. The summed E-state index contributed by atoms with van der Waals surface area (Å²) in [5, 5.41) is 8.01. The number of hydrogen-bond acceptors (Lipinski definition) is 5. The lowest BCUT2D eigenvalue weighted by Crippen LogP contribution is -2.31. The van der Waals surface area contributed by atoms with Gasteiger partial charge in [0, 0.05) is 56.0 Å². The first-order valence-corrected chi connectivity index (χ1v) is 11.0. The molecule has 1 saturated heterocycles. The van der Waals surface area contributed by atoms with E-state index in [2.05, 4.69) is 10.4 Å². The molecule has 2 amide bonds. The number of pyridine rings is 1. The van der Waals surface area contributed by atoms with E-state index in [1.807, 2.05) is 49.1 Å². The van der Waals surface area contributed by atoms with Gasteiger partial charge in [0.2, 0.25) is 0 Å². The molecule has 168 valence electrons. The summed E-state index contributed by atoms with van der Waals surface area (Å²) in [5.74, 6) is -0.0878. The zero-order valence-electron chi connectivity index (χ0n) is 18.7. The first-order valence-electron chi connectivity index (χ1n) is 11.0. The molecule has 1 N–H and O–H groups in total. The van der Waals surface area contributed by atoms with Gasteiger partial charge in [-0.25, -0.2) is 0 Å². The van der Waals surface area contributed by atoms with E-state index in [1.54, 1.807) is 24.1 Å². The lowest BCUT2D eigenvalue weighted by atomic mass is 9.99. The van der Waals surface area contributed by atoms with Gasteiger partial charge in [0.05, 0.1) is 17.7 Å². The molecule has 3 aromatic rings. The fraction of sp³-hybridized carbons (Fsp3) is 0.417. The van der Waals surface area contributed by atoms with Crippen molar-refractivity contribution in [1.82, 2.24) is 25.0 Å². The highest BCUT2D eigenvalue weighted by molar-refractivity contribution is 6.06. The largest absolute Gasteiger partial charge is 0.383 e. The second kappa shape index (κ2) is 9.48. The zero-order valence-corrected chi connectivity index (χ0v) is 18.7. The minimum atomic E-state index is -0.145. The predicted molar refractivity (Wildman–Crippen MR) is 122 cm³/mol. The number of para-hydroxylation sites is 1. The summed E-state index contributed by atoms with van der Waals surface area (Å²) in [6.07, 6.45) is 2.47. The molecule has 1 aromatic carbocycles. The SMILES string of the molecule is COCCNC(=O)c1cc(C2CCN(C(=O)c3ccnn3C(C)C)C2)nc2ccccc12. The van der Waals surface area contributed by atoms with E-state index in [0.717, 1.165) is 23.0 Å². The van der Waals surface area contributed by atoms with Gasteiger partial charge in [-0.2, -0.15) is 5.10 Å². The van der Waals surface area contributed by atoms with Gasteiger partial charge in [-0.3, -0.25) is 19.3 Å². The molecular formula is C24H29N5O3. The monoisotopic (exact) mass is 435 g/mol. The third kappa shape index (κ3) is 4.36. The van der Waals surface area contributed by atoms with Gasteiger partial charge < -0.3 is 15.0 Å². The molecular weight excluding hydrogens is 406 g/mol. The molecule has 1 aliphatic heterocycles. The van der Waals surface area contributed by atoms with Crippen LogP contribution >= 0.6 is 0 Å². The molecule has 0 bridgehead atoms. The van der Waals surface area contributed by atoms with Gasteiger partial charge in [-0.15, -0.1) is 0 Å². The number of ether oxygens (including phenoxy) is 1. The number of rotatable bonds is 7. The van der Waals surface area contributed by atoms with Crippen LogP contribution in [0.4, 0.5) is 0 Å². The van der Waals surface area contributed by atoms with E-state index in [-0.39, 0.29) is 23.8 Å². The zero-order chi connectivity index (χ0) is 22.7. The average molecular weight is 436 g/mol. The van der Waals surface area contributed by atoms with E-state index in [4.69, 9.17) is 9.72 Å². The van der Waals surface area contributed by atoms with Crippen molar-refractivity contribution in [3.05, 3.63) is 59.5 Å². The quantitative estimate of drug-likeness (QED) is 0.576. The first kappa shape index (κ1) is 22.0. The van der Waals surface area contributed by atoms with Crippen molar-refractivity contribution in [3.8, 4) is 0 Å². The van der Waals surface area contributed by atoms with Gasteiger partial charge in [0.15, 0.2) is 0 Å². The Labute approximate surface area is 187 Å². The number of likely N-dealkylation sites (tertiary alicyclic amines) is 1. The normalized spacial score (nSPS) is 16.1.